The summed E-state index contributed by atoms with van der Waals surface area (Å²) in [5.41, 5.74) is 1.69. The Kier molecular flexibility index (Phi) is 10.7. The summed E-state index contributed by atoms with van der Waals surface area (Å²) < 4.78 is 42.3. The molecule has 0 saturated carbocycles. The highest BCUT2D eigenvalue weighted by atomic mass is 35.5. The summed E-state index contributed by atoms with van der Waals surface area (Å²) in [6, 6.07) is 17.2. The summed E-state index contributed by atoms with van der Waals surface area (Å²) in [4.78, 5) is 28.6. The second-order valence-electron chi connectivity index (χ2n) is 9.69. The third kappa shape index (κ3) is 7.82. The Balaban J connectivity index is 2.05. The van der Waals surface area contributed by atoms with Crippen LogP contribution in [0.15, 0.2) is 77.7 Å². The van der Waals surface area contributed by atoms with Crippen molar-refractivity contribution in [1.29, 1.82) is 0 Å². The van der Waals surface area contributed by atoms with Crippen molar-refractivity contribution in [2.45, 2.75) is 64.1 Å². The van der Waals surface area contributed by atoms with Crippen LogP contribution in [-0.4, -0.2) is 43.8 Å². The van der Waals surface area contributed by atoms with Gasteiger partial charge in [0.05, 0.1) is 10.6 Å². The Labute approximate surface area is 241 Å². The van der Waals surface area contributed by atoms with Gasteiger partial charge in [0.25, 0.3) is 10.0 Å². The minimum Gasteiger partial charge on any atom is -0.352 e. The molecular weight excluding hydrogens is 553 g/mol. The number of hydrogen-bond donors (Lipinski definition) is 1. The van der Waals surface area contributed by atoms with Gasteiger partial charge in [0.15, 0.2) is 0 Å². The van der Waals surface area contributed by atoms with Crippen molar-refractivity contribution in [2.75, 3.05) is 10.8 Å². The van der Waals surface area contributed by atoms with Crippen molar-refractivity contribution in [1.82, 2.24) is 10.2 Å². The Morgan fingerprint density at radius 2 is 1.62 bits per heavy atom. The zero-order valence-corrected chi connectivity index (χ0v) is 24.7. The smallest absolute Gasteiger partial charge is 0.264 e. The zero-order chi connectivity index (χ0) is 29.4. The van der Waals surface area contributed by atoms with E-state index in [1.165, 1.54) is 47.4 Å². The molecule has 214 valence electrons. The fraction of sp³-hybridized carbons (Fsp3) is 0.333. The second-order valence-corrected chi connectivity index (χ2v) is 12.0. The van der Waals surface area contributed by atoms with Crippen LogP contribution in [0.25, 0.3) is 0 Å². The Morgan fingerprint density at radius 3 is 2.20 bits per heavy atom. The molecule has 0 aliphatic carbocycles. The number of carbonyl (C=O) groups is 2. The first kappa shape index (κ1) is 31.1. The first-order valence-corrected chi connectivity index (χ1v) is 15.0. The molecule has 0 saturated heterocycles. The van der Waals surface area contributed by atoms with Crippen molar-refractivity contribution >= 4 is 39.1 Å². The largest absolute Gasteiger partial charge is 0.352 e. The molecule has 1 N–H and O–H groups in total. The quantitative estimate of drug-likeness (QED) is 0.294. The molecular formula is C30H35ClFN3O4S. The summed E-state index contributed by atoms with van der Waals surface area (Å²) in [6.07, 6.45) is 0.989. The van der Waals surface area contributed by atoms with Crippen LogP contribution in [0.5, 0.6) is 0 Å². The van der Waals surface area contributed by atoms with E-state index in [4.69, 9.17) is 11.6 Å². The number of halogens is 2. The van der Waals surface area contributed by atoms with Gasteiger partial charge in [-0.25, -0.2) is 12.8 Å². The van der Waals surface area contributed by atoms with Crippen LogP contribution in [-0.2, 0) is 26.2 Å². The van der Waals surface area contributed by atoms with Crippen molar-refractivity contribution in [3.05, 3.63) is 94.8 Å². The molecule has 0 fully saturated rings. The molecule has 0 aliphatic heterocycles. The number of carbonyl (C=O) groups excluding carboxylic acids is 2. The van der Waals surface area contributed by atoms with E-state index in [-0.39, 0.29) is 35.5 Å². The topological polar surface area (TPSA) is 86.8 Å². The molecule has 2 atom stereocenters. The van der Waals surface area contributed by atoms with Gasteiger partial charge in [-0.3, -0.25) is 13.9 Å². The molecule has 0 aromatic heterocycles. The first-order valence-electron chi connectivity index (χ1n) is 13.2. The van der Waals surface area contributed by atoms with E-state index in [9.17, 15) is 22.4 Å². The van der Waals surface area contributed by atoms with Crippen molar-refractivity contribution < 1.29 is 22.4 Å². The Morgan fingerprint density at radius 1 is 0.975 bits per heavy atom. The highest BCUT2D eigenvalue weighted by molar-refractivity contribution is 7.92. The maximum atomic E-state index is 14.0. The summed E-state index contributed by atoms with van der Waals surface area (Å²) in [5.74, 6) is -1.37. The summed E-state index contributed by atoms with van der Waals surface area (Å²) >= 11 is 6.20. The SMILES string of the molecule is CC[C@H](C(=O)N[C@@H](C)CC)N(Cc1ccc(F)cc1)C(=O)CN(c1cccc(Cl)c1)S(=O)(=O)c1ccc(C)cc1. The van der Waals surface area contributed by atoms with Gasteiger partial charge < -0.3 is 10.2 Å². The number of aryl methyl sites for hydroxylation is 1. The van der Waals surface area contributed by atoms with E-state index in [0.717, 1.165) is 9.87 Å². The number of benzene rings is 3. The average Bonchev–Trinajstić information content (AvgIpc) is 2.92. The van der Waals surface area contributed by atoms with Crippen molar-refractivity contribution in [2.24, 2.45) is 0 Å². The van der Waals surface area contributed by atoms with Gasteiger partial charge in [0, 0.05) is 17.6 Å². The van der Waals surface area contributed by atoms with E-state index < -0.39 is 34.3 Å². The maximum Gasteiger partial charge on any atom is 0.264 e. The summed E-state index contributed by atoms with van der Waals surface area (Å²) in [7, 11) is -4.19. The average molecular weight is 588 g/mol. The van der Waals surface area contributed by atoms with Crippen LogP contribution in [0.3, 0.4) is 0 Å². The Hall–Kier alpha value is -3.43. The number of sulfonamides is 1. The monoisotopic (exact) mass is 587 g/mol. The van der Waals surface area contributed by atoms with Gasteiger partial charge >= 0.3 is 0 Å². The zero-order valence-electron chi connectivity index (χ0n) is 23.1. The molecule has 0 bridgehead atoms. The molecule has 3 aromatic carbocycles. The van der Waals surface area contributed by atoms with Crippen molar-refractivity contribution in [3.8, 4) is 0 Å². The third-order valence-corrected chi connectivity index (χ3v) is 8.66. The summed E-state index contributed by atoms with van der Waals surface area (Å²) in [6.45, 7) is 6.84. The van der Waals surface area contributed by atoms with Crippen LogP contribution >= 0.6 is 11.6 Å². The molecule has 3 aromatic rings. The van der Waals surface area contributed by atoms with E-state index in [1.54, 1.807) is 37.3 Å². The number of anilines is 1. The third-order valence-electron chi connectivity index (χ3n) is 6.64. The van der Waals surface area contributed by atoms with E-state index in [1.807, 2.05) is 20.8 Å². The number of nitrogens with zero attached hydrogens (tertiary/aromatic N) is 2. The highest BCUT2D eigenvalue weighted by Gasteiger charge is 2.34. The van der Waals surface area contributed by atoms with Crippen LogP contribution < -0.4 is 9.62 Å². The molecule has 0 aliphatic rings. The normalized spacial score (nSPS) is 12.8. The fourth-order valence-electron chi connectivity index (χ4n) is 4.14. The summed E-state index contributed by atoms with van der Waals surface area (Å²) in [5, 5.41) is 3.22. The standard InChI is InChI=1S/C30H35ClFN3O4S/c1-5-22(4)33-30(37)28(6-2)34(19-23-12-14-25(32)15-13-23)29(36)20-35(26-9-7-8-24(31)18-26)40(38,39)27-16-10-21(3)11-17-27/h7-18,22,28H,5-6,19-20H2,1-4H3,(H,33,37)/t22-,28+/m0/s1. The molecule has 7 nitrogen and oxygen atoms in total. The number of amides is 2. The van der Waals surface area contributed by atoms with E-state index >= 15 is 0 Å². The van der Waals surface area contributed by atoms with Gasteiger partial charge in [-0.1, -0.05) is 61.3 Å². The lowest BCUT2D eigenvalue weighted by Crippen LogP contribution is -2.53. The minimum absolute atomic E-state index is 0.0116. The maximum absolute atomic E-state index is 14.0. The lowest BCUT2D eigenvalue weighted by Gasteiger charge is -2.33. The lowest BCUT2D eigenvalue weighted by atomic mass is 10.1. The molecule has 0 heterocycles. The van der Waals surface area contributed by atoms with Crippen LogP contribution in [0.4, 0.5) is 10.1 Å². The minimum atomic E-state index is -4.19. The van der Waals surface area contributed by atoms with E-state index in [2.05, 4.69) is 5.32 Å². The van der Waals surface area contributed by atoms with Gasteiger partial charge in [-0.2, -0.15) is 0 Å². The molecule has 2 amide bonds. The van der Waals surface area contributed by atoms with Gasteiger partial charge in [0.2, 0.25) is 11.8 Å². The van der Waals surface area contributed by atoms with Crippen LogP contribution in [0.1, 0.15) is 44.7 Å². The second kappa shape index (κ2) is 13.8. The lowest BCUT2D eigenvalue weighted by molar-refractivity contribution is -0.140. The highest BCUT2D eigenvalue weighted by Crippen LogP contribution is 2.27. The molecule has 10 heteroatoms. The van der Waals surface area contributed by atoms with Crippen LogP contribution in [0.2, 0.25) is 5.02 Å². The number of nitrogens with one attached hydrogen (secondary N) is 1. The van der Waals surface area contributed by atoms with Gasteiger partial charge in [-0.05, 0) is 74.7 Å². The fourth-order valence-corrected chi connectivity index (χ4v) is 5.74. The van der Waals surface area contributed by atoms with Crippen molar-refractivity contribution in [3.63, 3.8) is 0 Å². The molecule has 3 rings (SSSR count). The molecule has 0 radical (unpaired) electrons. The van der Waals surface area contributed by atoms with Gasteiger partial charge in [-0.15, -0.1) is 0 Å². The van der Waals surface area contributed by atoms with Crippen LogP contribution in [0, 0.1) is 12.7 Å². The predicted octanol–water partition coefficient (Wildman–Crippen LogP) is 5.70. The number of rotatable bonds is 12. The van der Waals surface area contributed by atoms with E-state index in [0.29, 0.717) is 17.0 Å². The van der Waals surface area contributed by atoms with Gasteiger partial charge in [0.1, 0.15) is 18.4 Å². The Bertz CT molecular complexity index is 1420. The first-order chi connectivity index (χ1) is 19.0. The molecule has 0 spiro atoms. The predicted molar refractivity (Wildman–Crippen MR) is 156 cm³/mol. The molecule has 40 heavy (non-hydrogen) atoms. The number of hydrogen-bond acceptors (Lipinski definition) is 4. The molecule has 0 unspecified atom stereocenters.